The standard InChI is InChI=1S/C16H23N3O2/c1-12(16(21)19-10-4-3-5-11-19)17-14-6-8-15(9-7-14)18-13(2)20/h6-9,12,17H,3-5,10-11H2,1-2H3,(H,18,20)/t12-/m1/s1. The van der Waals surface area contributed by atoms with Crippen LogP contribution in [0.15, 0.2) is 24.3 Å². The Balaban J connectivity index is 1.90. The maximum atomic E-state index is 12.3. The molecule has 2 amide bonds. The topological polar surface area (TPSA) is 61.4 Å². The molecule has 114 valence electrons. The van der Waals surface area contributed by atoms with E-state index in [-0.39, 0.29) is 17.9 Å². The van der Waals surface area contributed by atoms with Crippen LogP contribution in [0.1, 0.15) is 33.1 Å². The van der Waals surface area contributed by atoms with Crippen molar-refractivity contribution in [3.63, 3.8) is 0 Å². The highest BCUT2D eigenvalue weighted by molar-refractivity contribution is 5.89. The number of carbonyl (C=O) groups excluding carboxylic acids is 2. The van der Waals surface area contributed by atoms with Crippen molar-refractivity contribution in [2.75, 3.05) is 23.7 Å². The van der Waals surface area contributed by atoms with E-state index in [1.807, 2.05) is 36.1 Å². The number of nitrogens with one attached hydrogen (secondary N) is 2. The number of nitrogens with zero attached hydrogens (tertiary/aromatic N) is 1. The van der Waals surface area contributed by atoms with Gasteiger partial charge in [-0.15, -0.1) is 0 Å². The highest BCUT2D eigenvalue weighted by Crippen LogP contribution is 2.16. The summed E-state index contributed by atoms with van der Waals surface area (Å²) in [6, 6.07) is 7.13. The second-order valence-corrected chi connectivity index (χ2v) is 5.51. The van der Waals surface area contributed by atoms with Crippen LogP contribution in [0.25, 0.3) is 0 Å². The van der Waals surface area contributed by atoms with E-state index in [2.05, 4.69) is 10.6 Å². The van der Waals surface area contributed by atoms with Gasteiger partial charge in [-0.05, 0) is 50.5 Å². The van der Waals surface area contributed by atoms with Gasteiger partial charge in [0, 0.05) is 31.4 Å². The van der Waals surface area contributed by atoms with Gasteiger partial charge in [0.25, 0.3) is 0 Å². The Morgan fingerprint density at radius 3 is 2.19 bits per heavy atom. The molecule has 0 aliphatic carbocycles. The molecule has 1 aromatic rings. The van der Waals surface area contributed by atoms with Gasteiger partial charge in [0.15, 0.2) is 0 Å². The molecule has 0 spiro atoms. The Labute approximate surface area is 125 Å². The normalized spacial score (nSPS) is 16.2. The van der Waals surface area contributed by atoms with Gasteiger partial charge >= 0.3 is 0 Å². The fourth-order valence-electron chi connectivity index (χ4n) is 2.55. The molecule has 2 rings (SSSR count). The molecular formula is C16H23N3O2. The Morgan fingerprint density at radius 1 is 1.05 bits per heavy atom. The quantitative estimate of drug-likeness (QED) is 0.895. The van der Waals surface area contributed by atoms with Gasteiger partial charge in [-0.3, -0.25) is 9.59 Å². The van der Waals surface area contributed by atoms with Crippen molar-refractivity contribution in [1.29, 1.82) is 0 Å². The van der Waals surface area contributed by atoms with Gasteiger partial charge < -0.3 is 15.5 Å². The Kier molecular flexibility index (Phi) is 5.20. The Bertz CT molecular complexity index is 493. The Hall–Kier alpha value is -2.04. The second-order valence-electron chi connectivity index (χ2n) is 5.51. The lowest BCUT2D eigenvalue weighted by atomic mass is 10.1. The van der Waals surface area contributed by atoms with E-state index in [1.165, 1.54) is 13.3 Å². The fourth-order valence-corrected chi connectivity index (χ4v) is 2.55. The third-order valence-electron chi connectivity index (χ3n) is 3.63. The van der Waals surface area contributed by atoms with Gasteiger partial charge in [0.2, 0.25) is 11.8 Å². The molecule has 1 saturated heterocycles. The summed E-state index contributed by atoms with van der Waals surface area (Å²) in [6.45, 7) is 5.10. The van der Waals surface area contributed by atoms with E-state index in [0.29, 0.717) is 0 Å². The van der Waals surface area contributed by atoms with E-state index >= 15 is 0 Å². The largest absolute Gasteiger partial charge is 0.374 e. The average Bonchev–Trinajstić information content (AvgIpc) is 2.49. The van der Waals surface area contributed by atoms with E-state index in [0.717, 1.165) is 37.3 Å². The molecule has 0 unspecified atom stereocenters. The predicted molar refractivity (Wildman–Crippen MR) is 84.3 cm³/mol. The summed E-state index contributed by atoms with van der Waals surface area (Å²) in [5.74, 6) is 0.0602. The van der Waals surface area contributed by atoms with E-state index in [9.17, 15) is 9.59 Å². The summed E-state index contributed by atoms with van der Waals surface area (Å²) in [6.07, 6.45) is 3.42. The molecule has 5 nitrogen and oxygen atoms in total. The minimum absolute atomic E-state index is 0.0932. The van der Waals surface area contributed by atoms with Crippen molar-refractivity contribution >= 4 is 23.2 Å². The van der Waals surface area contributed by atoms with Crippen molar-refractivity contribution in [2.24, 2.45) is 0 Å². The van der Waals surface area contributed by atoms with Crippen molar-refractivity contribution in [3.8, 4) is 0 Å². The first-order valence-corrected chi connectivity index (χ1v) is 7.49. The van der Waals surface area contributed by atoms with Crippen LogP contribution in [0.3, 0.4) is 0 Å². The van der Waals surface area contributed by atoms with Crippen LogP contribution >= 0.6 is 0 Å². The third kappa shape index (κ3) is 4.48. The third-order valence-corrected chi connectivity index (χ3v) is 3.63. The fraction of sp³-hybridized carbons (Fsp3) is 0.500. The number of amides is 2. The lowest BCUT2D eigenvalue weighted by Crippen LogP contribution is -2.43. The molecule has 1 atom stereocenters. The van der Waals surface area contributed by atoms with Crippen molar-refractivity contribution in [3.05, 3.63) is 24.3 Å². The summed E-state index contributed by atoms with van der Waals surface area (Å²) < 4.78 is 0. The van der Waals surface area contributed by atoms with Gasteiger partial charge in [0.05, 0.1) is 0 Å². The van der Waals surface area contributed by atoms with Crippen LogP contribution in [0, 0.1) is 0 Å². The van der Waals surface area contributed by atoms with Crippen LogP contribution in [-0.4, -0.2) is 35.8 Å². The van der Waals surface area contributed by atoms with Gasteiger partial charge in [0.1, 0.15) is 6.04 Å². The molecular weight excluding hydrogens is 266 g/mol. The smallest absolute Gasteiger partial charge is 0.244 e. The number of anilines is 2. The van der Waals surface area contributed by atoms with Crippen LogP contribution in [-0.2, 0) is 9.59 Å². The minimum Gasteiger partial charge on any atom is -0.374 e. The van der Waals surface area contributed by atoms with E-state index in [4.69, 9.17) is 0 Å². The van der Waals surface area contributed by atoms with Crippen molar-refractivity contribution in [1.82, 2.24) is 4.90 Å². The molecule has 1 aliphatic heterocycles. The number of carbonyl (C=O) groups is 2. The molecule has 21 heavy (non-hydrogen) atoms. The van der Waals surface area contributed by atoms with Gasteiger partial charge in [-0.2, -0.15) is 0 Å². The predicted octanol–water partition coefficient (Wildman–Crippen LogP) is 2.46. The summed E-state index contributed by atoms with van der Waals surface area (Å²) in [4.78, 5) is 25.2. The summed E-state index contributed by atoms with van der Waals surface area (Å²) in [5, 5.41) is 5.93. The molecule has 0 aromatic heterocycles. The Morgan fingerprint density at radius 2 is 1.62 bits per heavy atom. The first kappa shape index (κ1) is 15.4. The first-order chi connectivity index (χ1) is 10.1. The molecule has 1 aliphatic rings. The second kappa shape index (κ2) is 7.11. The monoisotopic (exact) mass is 289 g/mol. The maximum absolute atomic E-state index is 12.3. The zero-order valence-corrected chi connectivity index (χ0v) is 12.7. The molecule has 0 saturated carbocycles. The van der Waals surface area contributed by atoms with Gasteiger partial charge in [-0.1, -0.05) is 0 Å². The molecule has 0 bridgehead atoms. The molecule has 1 aromatic carbocycles. The highest BCUT2D eigenvalue weighted by atomic mass is 16.2. The van der Waals surface area contributed by atoms with Gasteiger partial charge in [-0.25, -0.2) is 0 Å². The van der Waals surface area contributed by atoms with Crippen LogP contribution in [0.5, 0.6) is 0 Å². The summed E-state index contributed by atoms with van der Waals surface area (Å²) in [5.41, 5.74) is 1.63. The van der Waals surface area contributed by atoms with E-state index < -0.39 is 0 Å². The van der Waals surface area contributed by atoms with E-state index in [1.54, 1.807) is 0 Å². The number of hydrogen-bond acceptors (Lipinski definition) is 3. The molecule has 0 radical (unpaired) electrons. The van der Waals surface area contributed by atoms with Crippen molar-refractivity contribution < 1.29 is 9.59 Å². The number of hydrogen-bond donors (Lipinski definition) is 2. The maximum Gasteiger partial charge on any atom is 0.244 e. The van der Waals surface area contributed by atoms with Crippen LogP contribution in [0.4, 0.5) is 11.4 Å². The van der Waals surface area contributed by atoms with Crippen LogP contribution < -0.4 is 10.6 Å². The van der Waals surface area contributed by atoms with Crippen molar-refractivity contribution in [2.45, 2.75) is 39.2 Å². The molecule has 5 heteroatoms. The number of likely N-dealkylation sites (tertiary alicyclic amines) is 1. The number of rotatable bonds is 4. The number of benzene rings is 1. The zero-order chi connectivity index (χ0) is 15.2. The zero-order valence-electron chi connectivity index (χ0n) is 12.7. The lowest BCUT2D eigenvalue weighted by Gasteiger charge is -2.29. The first-order valence-electron chi connectivity index (χ1n) is 7.49. The SMILES string of the molecule is CC(=O)Nc1ccc(N[C@H](C)C(=O)N2CCCCC2)cc1. The minimum atomic E-state index is -0.241. The molecule has 1 fully saturated rings. The van der Waals surface area contributed by atoms with Crippen LogP contribution in [0.2, 0.25) is 0 Å². The average molecular weight is 289 g/mol. The number of piperidine rings is 1. The highest BCUT2D eigenvalue weighted by Gasteiger charge is 2.21. The molecule has 2 N–H and O–H groups in total. The summed E-state index contributed by atoms with van der Waals surface area (Å²) >= 11 is 0. The lowest BCUT2D eigenvalue weighted by molar-refractivity contribution is -0.132. The molecule has 1 heterocycles. The summed E-state index contributed by atoms with van der Waals surface area (Å²) in [7, 11) is 0.